The van der Waals surface area contributed by atoms with Gasteiger partial charge in [0.1, 0.15) is 6.10 Å². The highest BCUT2D eigenvalue weighted by atomic mass is 28.4. The summed E-state index contributed by atoms with van der Waals surface area (Å²) in [7, 11) is -3.98. The first-order chi connectivity index (χ1) is 17.7. The minimum absolute atomic E-state index is 0.124. The molecule has 6 heteroatoms. The predicted molar refractivity (Wildman–Crippen MR) is 171 cm³/mol. The zero-order valence-electron chi connectivity index (χ0n) is 27.4. The monoisotopic (exact) mass is 576 g/mol. The van der Waals surface area contributed by atoms with Gasteiger partial charge in [0.25, 0.3) is 0 Å². The van der Waals surface area contributed by atoms with Crippen molar-refractivity contribution in [3.05, 3.63) is 37.0 Å². The molecule has 0 aromatic heterocycles. The second kappa shape index (κ2) is 12.5. The third kappa shape index (κ3) is 8.08. The number of unbranched alkanes of at least 4 members (excludes halogenated alkanes) is 1. The minimum Gasteiger partial charge on any atom is -0.458 e. The van der Waals surface area contributed by atoms with E-state index in [1.54, 1.807) is 0 Å². The number of hydrogen-bond donors (Lipinski definition) is 0. The Bertz CT molecular complexity index is 908. The van der Waals surface area contributed by atoms with Crippen molar-refractivity contribution in [2.75, 3.05) is 0 Å². The molecule has 0 radical (unpaired) electrons. The van der Waals surface area contributed by atoms with Gasteiger partial charge >= 0.3 is 5.97 Å². The summed E-state index contributed by atoms with van der Waals surface area (Å²) in [5, 5.41) is 0.265. The highest BCUT2D eigenvalue weighted by Gasteiger charge is 2.54. The van der Waals surface area contributed by atoms with Crippen molar-refractivity contribution in [2.45, 2.75) is 148 Å². The van der Waals surface area contributed by atoms with E-state index in [0.29, 0.717) is 5.92 Å². The number of ether oxygens (including phenoxy) is 1. The van der Waals surface area contributed by atoms with Crippen molar-refractivity contribution < 1.29 is 18.4 Å². The van der Waals surface area contributed by atoms with E-state index in [-0.39, 0.29) is 45.7 Å². The third-order valence-corrected chi connectivity index (χ3v) is 19.3. The Morgan fingerprint density at radius 2 is 1.62 bits per heavy atom. The molecule has 2 saturated carbocycles. The van der Waals surface area contributed by atoms with Gasteiger partial charge in [0.2, 0.25) is 0 Å². The standard InChI is InChI=1S/C33H60O4Si2/c1-15-17-20-33(16-2,37-39(13,14)32(8,9)10)21-18-19-26-27-22-24(3)30(35-25(4)34)28(27)23-29(26)36-38(11,12)31(5,6)7/h16,18-19,26-30H,2-3,15,17,20-23H2,1,4-14H3/t26-,27+,28-,29+,30?,33?/m0/s1. The van der Waals surface area contributed by atoms with Crippen LogP contribution in [0, 0.1) is 17.8 Å². The molecule has 2 aliphatic rings. The lowest BCUT2D eigenvalue weighted by Crippen LogP contribution is -2.49. The summed E-state index contributed by atoms with van der Waals surface area (Å²) in [6.07, 6.45) is 12.6. The van der Waals surface area contributed by atoms with Gasteiger partial charge in [-0.1, -0.05) is 86.1 Å². The van der Waals surface area contributed by atoms with Crippen LogP contribution in [0.15, 0.2) is 37.0 Å². The number of carbonyl (C=O) groups excluding carboxylic acids is 1. The Morgan fingerprint density at radius 3 is 2.10 bits per heavy atom. The van der Waals surface area contributed by atoms with Gasteiger partial charge in [0, 0.05) is 18.8 Å². The summed E-state index contributed by atoms with van der Waals surface area (Å²) in [4.78, 5) is 11.9. The minimum atomic E-state index is -2.00. The molecule has 2 rings (SSSR count). The van der Waals surface area contributed by atoms with Gasteiger partial charge < -0.3 is 13.6 Å². The second-order valence-corrected chi connectivity index (χ2v) is 24.8. The van der Waals surface area contributed by atoms with Gasteiger partial charge in [-0.2, -0.15) is 0 Å². The molecule has 2 fully saturated rings. The topological polar surface area (TPSA) is 44.8 Å². The van der Waals surface area contributed by atoms with E-state index in [0.717, 1.165) is 44.1 Å². The lowest BCUT2D eigenvalue weighted by Gasteiger charge is -2.44. The van der Waals surface area contributed by atoms with Gasteiger partial charge in [0.15, 0.2) is 16.6 Å². The van der Waals surface area contributed by atoms with Crippen LogP contribution in [-0.4, -0.2) is 40.4 Å². The zero-order valence-corrected chi connectivity index (χ0v) is 29.4. The summed E-state index contributed by atoms with van der Waals surface area (Å²) in [6, 6.07) is 0. The molecule has 4 nitrogen and oxygen atoms in total. The molecule has 39 heavy (non-hydrogen) atoms. The van der Waals surface area contributed by atoms with Crippen LogP contribution < -0.4 is 0 Å². The second-order valence-electron chi connectivity index (χ2n) is 15.3. The average molecular weight is 577 g/mol. The van der Waals surface area contributed by atoms with Crippen LogP contribution in [0.1, 0.15) is 93.9 Å². The van der Waals surface area contributed by atoms with Gasteiger partial charge in [-0.25, -0.2) is 0 Å². The molecule has 0 saturated heterocycles. The van der Waals surface area contributed by atoms with E-state index in [2.05, 4.69) is 106 Å². The van der Waals surface area contributed by atoms with Crippen LogP contribution in [0.3, 0.4) is 0 Å². The lowest BCUT2D eigenvalue weighted by atomic mass is 9.88. The first-order valence-electron chi connectivity index (χ1n) is 15.2. The number of rotatable bonds is 12. The number of fused-ring (bicyclic) bond motifs is 1. The summed E-state index contributed by atoms with van der Waals surface area (Å²) >= 11 is 0. The normalized spacial score (nSPS) is 28.0. The fourth-order valence-corrected chi connectivity index (χ4v) is 8.76. The molecule has 0 amide bonds. The van der Waals surface area contributed by atoms with Crippen LogP contribution in [0.2, 0.25) is 36.3 Å². The largest absolute Gasteiger partial charge is 0.458 e. The summed E-state index contributed by atoms with van der Waals surface area (Å²) in [5.74, 6) is 0.682. The maximum Gasteiger partial charge on any atom is 0.303 e. The Hall–Kier alpha value is -0.956. The molecule has 6 atom stereocenters. The molecular formula is C33H60O4Si2. The first kappa shape index (κ1) is 34.2. The van der Waals surface area contributed by atoms with E-state index in [1.807, 2.05) is 0 Å². The summed E-state index contributed by atoms with van der Waals surface area (Å²) in [6.45, 7) is 35.5. The molecule has 0 aliphatic heterocycles. The van der Waals surface area contributed by atoms with E-state index in [9.17, 15) is 4.79 Å². The fourth-order valence-electron chi connectivity index (χ4n) is 5.80. The molecule has 0 heterocycles. The number of esters is 1. The van der Waals surface area contributed by atoms with E-state index in [4.69, 9.17) is 13.6 Å². The molecule has 0 aromatic carbocycles. The van der Waals surface area contributed by atoms with Gasteiger partial charge in [-0.15, -0.1) is 6.58 Å². The molecule has 2 unspecified atom stereocenters. The maximum absolute atomic E-state index is 11.9. The third-order valence-electron chi connectivity index (χ3n) is 10.2. The lowest BCUT2D eigenvalue weighted by molar-refractivity contribution is -0.146. The fraction of sp³-hybridized carbons (Fsp3) is 0.788. The number of hydrogen-bond acceptors (Lipinski definition) is 4. The van der Waals surface area contributed by atoms with Crippen LogP contribution in [0.5, 0.6) is 0 Å². The van der Waals surface area contributed by atoms with Gasteiger partial charge in [-0.05, 0) is 73.4 Å². The Labute approximate surface area is 243 Å². The summed E-state index contributed by atoms with van der Waals surface area (Å²) in [5.41, 5.74) is 0.692. The van der Waals surface area contributed by atoms with E-state index < -0.39 is 16.6 Å². The van der Waals surface area contributed by atoms with Crippen molar-refractivity contribution >= 4 is 22.6 Å². The van der Waals surface area contributed by atoms with Crippen LogP contribution in [0.25, 0.3) is 0 Å². The Morgan fingerprint density at radius 1 is 1.03 bits per heavy atom. The van der Waals surface area contributed by atoms with Gasteiger partial charge in [-0.3, -0.25) is 4.79 Å². The molecule has 0 bridgehead atoms. The smallest absolute Gasteiger partial charge is 0.303 e. The highest BCUT2D eigenvalue weighted by Crippen LogP contribution is 2.54. The van der Waals surface area contributed by atoms with Crippen LogP contribution in [-0.2, 0) is 18.4 Å². The summed E-state index contributed by atoms with van der Waals surface area (Å²) < 4.78 is 20.0. The molecular weight excluding hydrogens is 517 g/mol. The quantitative estimate of drug-likeness (QED) is 0.132. The Balaban J connectivity index is 2.40. The highest BCUT2D eigenvalue weighted by molar-refractivity contribution is 6.74. The SMILES string of the molecule is C=CC(CC=C[C@H]1[C@H]2CC(=C)C(OC(C)=O)[C@H]2C[C@H]1O[Si](C)(C)C(C)(C)C)(CCCC)O[Si](C)(C)C(C)(C)C. The average Bonchev–Trinajstić information content (AvgIpc) is 3.24. The Kier molecular flexibility index (Phi) is 11.0. The first-order valence-corrected chi connectivity index (χ1v) is 21.0. The van der Waals surface area contributed by atoms with Crippen molar-refractivity contribution in [2.24, 2.45) is 17.8 Å². The van der Waals surface area contributed by atoms with E-state index in [1.165, 1.54) is 6.92 Å². The van der Waals surface area contributed by atoms with Crippen molar-refractivity contribution in [1.82, 2.24) is 0 Å². The zero-order chi connectivity index (χ0) is 30.0. The molecule has 0 spiro atoms. The predicted octanol–water partition coefficient (Wildman–Crippen LogP) is 9.60. The van der Waals surface area contributed by atoms with Gasteiger partial charge in [0.05, 0.1) is 11.7 Å². The molecule has 0 N–H and O–H groups in total. The van der Waals surface area contributed by atoms with Crippen molar-refractivity contribution in [3.8, 4) is 0 Å². The molecule has 2 aliphatic carbocycles. The van der Waals surface area contributed by atoms with E-state index >= 15 is 0 Å². The maximum atomic E-state index is 11.9. The van der Waals surface area contributed by atoms with Crippen molar-refractivity contribution in [3.63, 3.8) is 0 Å². The number of carbonyl (C=O) groups is 1. The van der Waals surface area contributed by atoms with Crippen LogP contribution in [0.4, 0.5) is 0 Å². The molecule has 0 aromatic rings. The molecule has 224 valence electrons. The van der Waals surface area contributed by atoms with Crippen molar-refractivity contribution in [1.29, 1.82) is 0 Å². The van der Waals surface area contributed by atoms with Crippen LogP contribution >= 0.6 is 0 Å².